The van der Waals surface area contributed by atoms with Crippen molar-refractivity contribution in [3.63, 3.8) is 0 Å². The second-order valence-electron chi connectivity index (χ2n) is 8.79. The lowest BCUT2D eigenvalue weighted by Crippen LogP contribution is -2.55. The second kappa shape index (κ2) is 9.23. The first-order valence-corrected chi connectivity index (χ1v) is 11.4. The van der Waals surface area contributed by atoms with Gasteiger partial charge in [-0.2, -0.15) is 13.2 Å². The van der Waals surface area contributed by atoms with Crippen molar-refractivity contribution in [3.8, 4) is 0 Å². The van der Waals surface area contributed by atoms with E-state index in [9.17, 15) is 18.3 Å². The molecule has 1 aromatic heterocycles. The molecule has 0 amide bonds. The average molecular weight is 470 g/mol. The molecule has 1 fully saturated rings. The van der Waals surface area contributed by atoms with E-state index < -0.39 is 17.8 Å². The van der Waals surface area contributed by atoms with Crippen LogP contribution in [0.15, 0.2) is 60.9 Å². The maximum atomic E-state index is 13.3. The van der Waals surface area contributed by atoms with E-state index in [0.29, 0.717) is 18.9 Å². The maximum absolute atomic E-state index is 13.3. The molecule has 2 atom stereocenters. The molecule has 3 heterocycles. The zero-order chi connectivity index (χ0) is 23.7. The van der Waals surface area contributed by atoms with Gasteiger partial charge < -0.3 is 15.3 Å². The number of aliphatic hydroxyl groups excluding tert-OH is 1. The number of piperidine rings is 1. The highest BCUT2D eigenvalue weighted by Gasteiger charge is 2.35. The van der Waals surface area contributed by atoms with Crippen LogP contribution in [0.5, 0.6) is 0 Å². The molecule has 0 bridgehead atoms. The number of nitrogens with zero attached hydrogens (tertiary/aromatic N) is 4. The summed E-state index contributed by atoms with van der Waals surface area (Å²) < 4.78 is 40.0. The number of alkyl halides is 3. The lowest BCUT2D eigenvalue weighted by molar-refractivity contribution is -0.136. The Bertz CT molecular complexity index is 1160. The lowest BCUT2D eigenvalue weighted by Gasteiger charge is -2.43. The number of para-hydroxylation sites is 1. The third-order valence-corrected chi connectivity index (χ3v) is 6.65. The number of fused-ring (bicyclic) bond motifs is 1. The number of anilines is 3. The van der Waals surface area contributed by atoms with Crippen LogP contribution in [-0.2, 0) is 19.1 Å². The van der Waals surface area contributed by atoms with Crippen LogP contribution in [0.3, 0.4) is 0 Å². The van der Waals surface area contributed by atoms with Crippen molar-refractivity contribution in [1.29, 1.82) is 0 Å². The summed E-state index contributed by atoms with van der Waals surface area (Å²) in [5.41, 5.74) is 1.87. The van der Waals surface area contributed by atoms with Crippen LogP contribution in [0.25, 0.3) is 0 Å². The third kappa shape index (κ3) is 4.71. The molecule has 9 heteroatoms. The number of aromatic nitrogens is 2. The highest BCUT2D eigenvalue weighted by atomic mass is 19.4. The van der Waals surface area contributed by atoms with Crippen LogP contribution in [0.4, 0.5) is 30.5 Å². The van der Waals surface area contributed by atoms with E-state index in [0.717, 1.165) is 32.0 Å². The van der Waals surface area contributed by atoms with Crippen LogP contribution < -0.4 is 10.2 Å². The van der Waals surface area contributed by atoms with Crippen molar-refractivity contribution in [3.05, 3.63) is 77.6 Å². The number of hydrogen-bond donors (Lipinski definition) is 2. The maximum Gasteiger partial charge on any atom is 0.418 e. The molecule has 0 spiro atoms. The van der Waals surface area contributed by atoms with Crippen molar-refractivity contribution in [1.82, 2.24) is 14.9 Å². The van der Waals surface area contributed by atoms with Gasteiger partial charge in [-0.05, 0) is 36.1 Å². The van der Waals surface area contributed by atoms with Crippen molar-refractivity contribution < 1.29 is 18.3 Å². The summed E-state index contributed by atoms with van der Waals surface area (Å²) in [4.78, 5) is 12.7. The van der Waals surface area contributed by atoms with Gasteiger partial charge in [-0.1, -0.05) is 36.4 Å². The average Bonchev–Trinajstić information content (AvgIpc) is 2.83. The Morgan fingerprint density at radius 1 is 0.971 bits per heavy atom. The molecule has 0 saturated carbocycles. The summed E-state index contributed by atoms with van der Waals surface area (Å²) in [5, 5.41) is 13.7. The van der Waals surface area contributed by atoms with Crippen LogP contribution in [0, 0.1) is 0 Å². The lowest BCUT2D eigenvalue weighted by atomic mass is 9.94. The summed E-state index contributed by atoms with van der Waals surface area (Å²) in [6.45, 7) is 2.84. The molecule has 2 aliphatic heterocycles. The number of rotatable bonds is 4. The molecule has 3 aromatic rings. The molecule has 2 N–H and O–H groups in total. The number of hydrogen-bond acceptors (Lipinski definition) is 6. The first-order valence-electron chi connectivity index (χ1n) is 11.4. The number of β-amino-alcohol motifs (C(OH)–C–C–N with tert-alkyl or cyclic N) is 1. The highest BCUT2D eigenvalue weighted by Crippen LogP contribution is 2.36. The zero-order valence-electron chi connectivity index (χ0n) is 18.5. The molecule has 0 aliphatic carbocycles. The minimum Gasteiger partial charge on any atom is -0.390 e. The molecule has 5 rings (SSSR count). The van der Waals surface area contributed by atoms with E-state index in [1.165, 1.54) is 29.6 Å². The fourth-order valence-corrected chi connectivity index (χ4v) is 4.92. The monoisotopic (exact) mass is 469 g/mol. The predicted molar refractivity (Wildman–Crippen MR) is 124 cm³/mol. The quantitative estimate of drug-likeness (QED) is 0.596. The number of nitrogens with one attached hydrogen (secondary N) is 1. The topological polar surface area (TPSA) is 64.5 Å². The molecule has 178 valence electrons. The van der Waals surface area contributed by atoms with Gasteiger partial charge in [0, 0.05) is 38.3 Å². The van der Waals surface area contributed by atoms with Gasteiger partial charge in [0.25, 0.3) is 0 Å². The second-order valence-corrected chi connectivity index (χ2v) is 8.79. The molecule has 0 radical (unpaired) electrons. The molecule has 2 aromatic carbocycles. The SMILES string of the molecule is O[C@H]1CN(c2cc(Nc3ccccc3C(F)(F)F)ncn2)CC[C@@H]1N1CCc2ccccc2C1. The van der Waals surface area contributed by atoms with Crippen molar-refractivity contribution in [2.75, 3.05) is 29.9 Å². The smallest absolute Gasteiger partial charge is 0.390 e. The number of halogens is 3. The van der Waals surface area contributed by atoms with E-state index in [1.807, 2.05) is 4.90 Å². The Labute approximate surface area is 196 Å². The number of benzene rings is 2. The summed E-state index contributed by atoms with van der Waals surface area (Å²) in [7, 11) is 0. The van der Waals surface area contributed by atoms with Gasteiger partial charge in [-0.25, -0.2) is 9.97 Å². The molecule has 6 nitrogen and oxygen atoms in total. The normalized spacial score (nSPS) is 21.2. The van der Waals surface area contributed by atoms with Crippen LogP contribution in [0.2, 0.25) is 0 Å². The summed E-state index contributed by atoms with van der Waals surface area (Å²) >= 11 is 0. The minimum atomic E-state index is -4.47. The van der Waals surface area contributed by atoms with Gasteiger partial charge in [0.05, 0.1) is 17.4 Å². The summed E-state index contributed by atoms with van der Waals surface area (Å²) in [6, 6.07) is 15.4. The Balaban J connectivity index is 1.27. The molecule has 34 heavy (non-hydrogen) atoms. The Morgan fingerprint density at radius 3 is 2.53 bits per heavy atom. The van der Waals surface area contributed by atoms with Gasteiger partial charge in [0.1, 0.15) is 18.0 Å². The van der Waals surface area contributed by atoms with Crippen molar-refractivity contribution in [2.45, 2.75) is 37.7 Å². The Kier molecular flexibility index (Phi) is 6.14. The highest BCUT2D eigenvalue weighted by molar-refractivity contribution is 5.63. The Hall–Kier alpha value is -3.17. The van der Waals surface area contributed by atoms with Gasteiger partial charge in [0.2, 0.25) is 0 Å². The van der Waals surface area contributed by atoms with E-state index in [-0.39, 0.29) is 17.5 Å². The van der Waals surface area contributed by atoms with Gasteiger partial charge in [0.15, 0.2) is 0 Å². The zero-order valence-corrected chi connectivity index (χ0v) is 18.5. The minimum absolute atomic E-state index is 0.0581. The van der Waals surface area contributed by atoms with Crippen LogP contribution in [-0.4, -0.2) is 51.8 Å². The third-order valence-electron chi connectivity index (χ3n) is 6.65. The van der Waals surface area contributed by atoms with E-state index in [2.05, 4.69) is 44.5 Å². The Morgan fingerprint density at radius 2 is 1.74 bits per heavy atom. The van der Waals surface area contributed by atoms with Gasteiger partial charge >= 0.3 is 6.18 Å². The number of aliphatic hydroxyl groups is 1. The summed E-state index contributed by atoms with van der Waals surface area (Å²) in [5.74, 6) is 0.842. The molecule has 2 aliphatic rings. The van der Waals surface area contributed by atoms with Crippen LogP contribution >= 0.6 is 0 Å². The summed E-state index contributed by atoms with van der Waals surface area (Å²) in [6.07, 6.45) is -1.96. The van der Waals surface area contributed by atoms with Crippen molar-refractivity contribution >= 4 is 17.3 Å². The molecule has 0 unspecified atom stereocenters. The van der Waals surface area contributed by atoms with E-state index in [1.54, 1.807) is 12.1 Å². The fourth-order valence-electron chi connectivity index (χ4n) is 4.92. The fraction of sp³-hybridized carbons (Fsp3) is 0.360. The van der Waals surface area contributed by atoms with Gasteiger partial charge in [-0.15, -0.1) is 0 Å². The van der Waals surface area contributed by atoms with Crippen molar-refractivity contribution in [2.24, 2.45) is 0 Å². The molecular weight excluding hydrogens is 443 g/mol. The largest absolute Gasteiger partial charge is 0.418 e. The molecular formula is C25H26F3N5O. The first-order chi connectivity index (χ1) is 16.4. The van der Waals surface area contributed by atoms with Gasteiger partial charge in [-0.3, -0.25) is 4.90 Å². The van der Waals surface area contributed by atoms with Crippen LogP contribution in [0.1, 0.15) is 23.1 Å². The molecule has 1 saturated heterocycles. The van der Waals surface area contributed by atoms with E-state index >= 15 is 0 Å². The standard InChI is InChI=1S/C25H26F3N5O/c26-25(27,28)19-7-3-4-8-20(19)31-23-13-24(30-16-29-23)33-12-10-21(22(34)15-33)32-11-9-17-5-1-2-6-18(17)14-32/h1-8,13,16,21-22,34H,9-12,14-15H2,(H,29,30,31)/t21-,22-/m0/s1. The first kappa shape index (κ1) is 22.6. The van der Waals surface area contributed by atoms with E-state index in [4.69, 9.17) is 0 Å². The predicted octanol–water partition coefficient (Wildman–Crippen LogP) is 4.24.